The van der Waals surface area contributed by atoms with Gasteiger partial charge in [0, 0.05) is 5.69 Å². The fraction of sp³-hybridized carbons (Fsp3) is 0.562. The number of benzene rings is 1. The van der Waals surface area contributed by atoms with Gasteiger partial charge >= 0.3 is 0 Å². The highest BCUT2D eigenvalue weighted by Gasteiger charge is 2.20. The van der Waals surface area contributed by atoms with Gasteiger partial charge in [-0.25, -0.2) is 8.42 Å². The van der Waals surface area contributed by atoms with Crippen molar-refractivity contribution in [1.29, 1.82) is 0 Å². The van der Waals surface area contributed by atoms with Crippen molar-refractivity contribution < 1.29 is 13.2 Å². The molecule has 0 unspecified atom stereocenters. The standard InChI is InChI=1S/C16H25N3O3S/c1-3-9-23(21,22)19-15-6-4-5-14(12(15)2)18-16(20)11-17-10-13-7-8-13/h4-6,13,17,19H,3,7-11H2,1-2H3,(H,18,20). The summed E-state index contributed by atoms with van der Waals surface area (Å²) in [6, 6.07) is 5.19. The number of sulfonamides is 1. The van der Waals surface area contributed by atoms with E-state index in [9.17, 15) is 13.2 Å². The minimum Gasteiger partial charge on any atom is -0.325 e. The number of hydrogen-bond donors (Lipinski definition) is 3. The Morgan fingerprint density at radius 2 is 1.96 bits per heavy atom. The molecule has 23 heavy (non-hydrogen) atoms. The minimum absolute atomic E-state index is 0.0775. The number of nitrogens with one attached hydrogen (secondary N) is 3. The summed E-state index contributed by atoms with van der Waals surface area (Å²) in [5, 5.41) is 5.96. The molecule has 128 valence electrons. The molecular formula is C16H25N3O3S. The molecule has 0 spiro atoms. The predicted octanol–water partition coefficient (Wildman–Crippen LogP) is 2.08. The van der Waals surface area contributed by atoms with Crippen LogP contribution in [0.3, 0.4) is 0 Å². The van der Waals surface area contributed by atoms with Crippen LogP contribution in [0.1, 0.15) is 31.7 Å². The smallest absolute Gasteiger partial charge is 0.238 e. The summed E-state index contributed by atoms with van der Waals surface area (Å²) in [5.74, 6) is 0.678. The van der Waals surface area contributed by atoms with Gasteiger partial charge in [-0.1, -0.05) is 13.0 Å². The van der Waals surface area contributed by atoms with Crippen LogP contribution in [0.4, 0.5) is 11.4 Å². The Bertz CT molecular complexity index is 655. The number of rotatable bonds is 9. The monoisotopic (exact) mass is 339 g/mol. The van der Waals surface area contributed by atoms with E-state index in [2.05, 4.69) is 15.4 Å². The minimum atomic E-state index is -3.34. The maximum absolute atomic E-state index is 12.0. The second-order valence-corrected chi connectivity index (χ2v) is 7.86. The third-order valence-electron chi connectivity index (χ3n) is 3.76. The molecule has 0 saturated heterocycles. The van der Waals surface area contributed by atoms with E-state index < -0.39 is 10.0 Å². The number of carbonyl (C=O) groups excluding carboxylic acids is 1. The van der Waals surface area contributed by atoms with Gasteiger partial charge < -0.3 is 10.6 Å². The Balaban J connectivity index is 1.96. The molecule has 3 N–H and O–H groups in total. The lowest BCUT2D eigenvalue weighted by Crippen LogP contribution is -2.29. The average Bonchev–Trinajstić information content (AvgIpc) is 3.27. The second-order valence-electron chi connectivity index (χ2n) is 6.02. The van der Waals surface area contributed by atoms with E-state index in [0.717, 1.165) is 12.5 Å². The Hall–Kier alpha value is -1.60. The van der Waals surface area contributed by atoms with Crippen molar-refractivity contribution in [2.45, 2.75) is 33.1 Å². The SMILES string of the molecule is CCCS(=O)(=O)Nc1cccc(NC(=O)CNCC2CC2)c1C. The maximum Gasteiger partial charge on any atom is 0.238 e. The van der Waals surface area contributed by atoms with Crippen LogP contribution in [-0.4, -0.2) is 33.2 Å². The van der Waals surface area contributed by atoms with E-state index in [1.165, 1.54) is 12.8 Å². The van der Waals surface area contributed by atoms with E-state index in [0.29, 0.717) is 23.4 Å². The molecule has 1 amide bonds. The molecule has 7 heteroatoms. The number of hydrogen-bond acceptors (Lipinski definition) is 4. The summed E-state index contributed by atoms with van der Waals surface area (Å²) >= 11 is 0. The predicted molar refractivity (Wildman–Crippen MR) is 93.1 cm³/mol. The molecule has 1 fully saturated rings. The molecule has 0 bridgehead atoms. The Morgan fingerprint density at radius 1 is 1.26 bits per heavy atom. The third kappa shape index (κ3) is 5.84. The summed E-state index contributed by atoms with van der Waals surface area (Å²) in [6.07, 6.45) is 3.04. The molecule has 0 atom stereocenters. The Kier molecular flexibility index (Phi) is 6.01. The Labute approximate surface area is 138 Å². The molecule has 6 nitrogen and oxygen atoms in total. The molecule has 2 rings (SSSR count). The lowest BCUT2D eigenvalue weighted by atomic mass is 10.1. The van der Waals surface area contributed by atoms with Gasteiger partial charge in [0.1, 0.15) is 0 Å². The van der Waals surface area contributed by atoms with Crippen molar-refractivity contribution in [2.75, 3.05) is 28.9 Å². The summed E-state index contributed by atoms with van der Waals surface area (Å²) in [7, 11) is -3.34. The van der Waals surface area contributed by atoms with Crippen LogP contribution in [0, 0.1) is 12.8 Å². The molecule has 1 aliphatic carbocycles. The van der Waals surface area contributed by atoms with Crippen LogP contribution in [0.5, 0.6) is 0 Å². The summed E-state index contributed by atoms with van der Waals surface area (Å²) in [4.78, 5) is 12.0. The fourth-order valence-corrected chi connectivity index (χ4v) is 3.47. The summed E-state index contributed by atoms with van der Waals surface area (Å²) in [5.41, 5.74) is 1.84. The van der Waals surface area contributed by atoms with Crippen LogP contribution >= 0.6 is 0 Å². The first kappa shape index (κ1) is 17.7. The van der Waals surface area contributed by atoms with Gasteiger partial charge in [0.05, 0.1) is 18.0 Å². The van der Waals surface area contributed by atoms with E-state index in [4.69, 9.17) is 0 Å². The van der Waals surface area contributed by atoms with Crippen molar-refractivity contribution in [3.63, 3.8) is 0 Å². The normalized spacial score (nSPS) is 14.5. The number of carbonyl (C=O) groups is 1. The molecule has 0 radical (unpaired) electrons. The van der Waals surface area contributed by atoms with Gasteiger partial charge in [-0.2, -0.15) is 0 Å². The van der Waals surface area contributed by atoms with Crippen molar-refractivity contribution in [1.82, 2.24) is 5.32 Å². The van der Waals surface area contributed by atoms with Crippen LogP contribution in [0.2, 0.25) is 0 Å². The average molecular weight is 339 g/mol. The largest absolute Gasteiger partial charge is 0.325 e. The van der Waals surface area contributed by atoms with Gasteiger partial charge in [0.15, 0.2) is 0 Å². The first-order valence-electron chi connectivity index (χ1n) is 8.02. The molecule has 0 aliphatic heterocycles. The van der Waals surface area contributed by atoms with E-state index in [-0.39, 0.29) is 18.2 Å². The zero-order valence-corrected chi connectivity index (χ0v) is 14.5. The fourth-order valence-electron chi connectivity index (χ4n) is 2.28. The third-order valence-corrected chi connectivity index (χ3v) is 5.24. The van der Waals surface area contributed by atoms with Gasteiger partial charge in [-0.3, -0.25) is 9.52 Å². The zero-order valence-electron chi connectivity index (χ0n) is 13.7. The first-order chi connectivity index (χ1) is 10.9. The highest BCUT2D eigenvalue weighted by atomic mass is 32.2. The van der Waals surface area contributed by atoms with Crippen molar-refractivity contribution in [2.24, 2.45) is 5.92 Å². The second kappa shape index (κ2) is 7.79. The zero-order chi connectivity index (χ0) is 16.9. The number of anilines is 2. The van der Waals surface area contributed by atoms with Crippen LogP contribution in [0.25, 0.3) is 0 Å². The first-order valence-corrected chi connectivity index (χ1v) is 9.67. The van der Waals surface area contributed by atoms with Crippen LogP contribution < -0.4 is 15.4 Å². The van der Waals surface area contributed by atoms with E-state index >= 15 is 0 Å². The number of amides is 1. The molecule has 1 aromatic carbocycles. The van der Waals surface area contributed by atoms with Crippen LogP contribution in [-0.2, 0) is 14.8 Å². The lowest BCUT2D eigenvalue weighted by molar-refractivity contribution is -0.115. The van der Waals surface area contributed by atoms with Crippen molar-refractivity contribution in [3.05, 3.63) is 23.8 Å². The molecular weight excluding hydrogens is 314 g/mol. The van der Waals surface area contributed by atoms with Crippen molar-refractivity contribution in [3.8, 4) is 0 Å². The van der Waals surface area contributed by atoms with Crippen LogP contribution in [0.15, 0.2) is 18.2 Å². The highest BCUT2D eigenvalue weighted by Crippen LogP contribution is 2.27. The van der Waals surface area contributed by atoms with Gasteiger partial charge in [-0.15, -0.1) is 0 Å². The maximum atomic E-state index is 12.0. The molecule has 1 aliphatic rings. The van der Waals surface area contributed by atoms with E-state index in [1.54, 1.807) is 25.1 Å². The molecule has 1 saturated carbocycles. The summed E-state index contributed by atoms with van der Waals surface area (Å²) in [6.45, 7) is 4.75. The molecule has 1 aromatic rings. The van der Waals surface area contributed by atoms with Gasteiger partial charge in [0.25, 0.3) is 0 Å². The van der Waals surface area contributed by atoms with Gasteiger partial charge in [-0.05, 0) is 56.3 Å². The van der Waals surface area contributed by atoms with Crippen molar-refractivity contribution >= 4 is 27.3 Å². The Morgan fingerprint density at radius 3 is 2.61 bits per heavy atom. The van der Waals surface area contributed by atoms with Gasteiger partial charge in [0.2, 0.25) is 15.9 Å². The summed E-state index contributed by atoms with van der Waals surface area (Å²) < 4.78 is 26.3. The molecule has 0 aromatic heterocycles. The topological polar surface area (TPSA) is 87.3 Å². The quantitative estimate of drug-likeness (QED) is 0.643. The highest BCUT2D eigenvalue weighted by molar-refractivity contribution is 7.92. The molecule has 0 heterocycles. The lowest BCUT2D eigenvalue weighted by Gasteiger charge is -2.14. The van der Waals surface area contributed by atoms with E-state index in [1.807, 2.05) is 6.92 Å².